The lowest BCUT2D eigenvalue weighted by molar-refractivity contribution is 0.102. The van der Waals surface area contributed by atoms with Crippen molar-refractivity contribution in [2.75, 3.05) is 36.5 Å². The van der Waals surface area contributed by atoms with Crippen LogP contribution in [0.15, 0.2) is 24.3 Å². The minimum absolute atomic E-state index is 0.0979. The zero-order valence-corrected chi connectivity index (χ0v) is 15.9. The Morgan fingerprint density at radius 3 is 2.69 bits per heavy atom. The van der Waals surface area contributed by atoms with E-state index >= 15 is 0 Å². The molecule has 1 amide bonds. The molecule has 1 N–H and O–H groups in total. The van der Waals surface area contributed by atoms with Crippen LogP contribution in [-0.2, 0) is 11.3 Å². The van der Waals surface area contributed by atoms with Gasteiger partial charge in [0.1, 0.15) is 5.82 Å². The number of ether oxygens (including phenoxy) is 1. The lowest BCUT2D eigenvalue weighted by atomic mass is 10.1. The summed E-state index contributed by atoms with van der Waals surface area (Å²) in [5, 5.41) is 7.48. The maximum absolute atomic E-state index is 12.7. The largest absolute Gasteiger partial charge is 0.378 e. The zero-order chi connectivity index (χ0) is 18.5. The van der Waals surface area contributed by atoms with Crippen molar-refractivity contribution in [2.45, 2.75) is 40.2 Å². The molecular formula is C20H28N4O2. The Labute approximate surface area is 155 Å². The number of rotatable bonds is 6. The lowest BCUT2D eigenvalue weighted by Gasteiger charge is -2.30. The number of nitrogens with one attached hydrogen (secondary N) is 1. The zero-order valence-electron chi connectivity index (χ0n) is 15.9. The third-order valence-electron chi connectivity index (χ3n) is 4.68. The topological polar surface area (TPSA) is 59.4 Å². The molecule has 140 valence electrons. The molecule has 6 nitrogen and oxygen atoms in total. The first-order valence-corrected chi connectivity index (χ1v) is 9.37. The van der Waals surface area contributed by atoms with Gasteiger partial charge in [0.05, 0.1) is 18.9 Å². The van der Waals surface area contributed by atoms with Crippen LogP contribution in [0, 0.1) is 13.8 Å². The molecule has 0 bridgehead atoms. The minimum atomic E-state index is -0.0979. The van der Waals surface area contributed by atoms with Crippen LogP contribution in [0.2, 0.25) is 0 Å². The van der Waals surface area contributed by atoms with Crippen LogP contribution in [0.3, 0.4) is 0 Å². The van der Waals surface area contributed by atoms with Crippen molar-refractivity contribution in [3.8, 4) is 0 Å². The summed E-state index contributed by atoms with van der Waals surface area (Å²) in [6.07, 6.45) is 2.13. The normalized spacial score (nSPS) is 14.5. The van der Waals surface area contributed by atoms with E-state index in [0.717, 1.165) is 62.8 Å². The van der Waals surface area contributed by atoms with Crippen LogP contribution in [0.1, 0.15) is 41.4 Å². The maximum atomic E-state index is 12.7. The number of hydrogen-bond acceptors (Lipinski definition) is 4. The van der Waals surface area contributed by atoms with E-state index in [4.69, 9.17) is 4.74 Å². The Morgan fingerprint density at radius 2 is 2.00 bits per heavy atom. The number of morpholine rings is 1. The maximum Gasteiger partial charge on any atom is 0.256 e. The Kier molecular flexibility index (Phi) is 5.93. The summed E-state index contributed by atoms with van der Waals surface area (Å²) in [4.78, 5) is 15.0. The Hall–Kier alpha value is -2.34. The van der Waals surface area contributed by atoms with Crippen LogP contribution in [0.4, 0.5) is 11.5 Å². The average molecular weight is 356 g/mol. The molecule has 2 aromatic rings. The van der Waals surface area contributed by atoms with E-state index in [1.54, 1.807) is 0 Å². The molecule has 3 rings (SSSR count). The lowest BCUT2D eigenvalue weighted by Crippen LogP contribution is -2.36. The van der Waals surface area contributed by atoms with Gasteiger partial charge in [-0.15, -0.1) is 0 Å². The van der Waals surface area contributed by atoms with E-state index in [1.807, 2.05) is 35.9 Å². The summed E-state index contributed by atoms with van der Waals surface area (Å²) in [5.41, 5.74) is 3.86. The molecule has 0 saturated carbocycles. The first kappa shape index (κ1) is 18.5. The second-order valence-electron chi connectivity index (χ2n) is 6.80. The number of amides is 1. The Morgan fingerprint density at radius 1 is 1.23 bits per heavy atom. The fourth-order valence-electron chi connectivity index (χ4n) is 3.27. The van der Waals surface area contributed by atoms with Crippen molar-refractivity contribution in [1.29, 1.82) is 0 Å². The van der Waals surface area contributed by atoms with Crippen molar-refractivity contribution < 1.29 is 9.53 Å². The van der Waals surface area contributed by atoms with E-state index in [-0.39, 0.29) is 5.91 Å². The van der Waals surface area contributed by atoms with Crippen molar-refractivity contribution in [3.05, 3.63) is 41.1 Å². The van der Waals surface area contributed by atoms with Crippen LogP contribution >= 0.6 is 0 Å². The molecule has 6 heteroatoms. The number of carbonyl (C=O) groups excluding carboxylic acids is 1. The number of benzene rings is 1. The third-order valence-corrected chi connectivity index (χ3v) is 4.68. The smallest absolute Gasteiger partial charge is 0.256 e. The van der Waals surface area contributed by atoms with Gasteiger partial charge in [0.25, 0.3) is 5.91 Å². The summed E-state index contributed by atoms with van der Waals surface area (Å²) in [5.74, 6) is 0.662. The van der Waals surface area contributed by atoms with Gasteiger partial charge in [-0.25, -0.2) is 4.68 Å². The Balaban J connectivity index is 1.73. The summed E-state index contributed by atoms with van der Waals surface area (Å²) in [6.45, 7) is 10.2. The quantitative estimate of drug-likeness (QED) is 0.862. The summed E-state index contributed by atoms with van der Waals surface area (Å²) in [6, 6.07) is 7.81. The molecule has 2 heterocycles. The summed E-state index contributed by atoms with van der Waals surface area (Å²) >= 11 is 0. The third kappa shape index (κ3) is 4.25. The number of aryl methyl sites for hydroxylation is 3. The number of nitrogens with zero attached hydrogens (tertiary/aromatic N) is 3. The van der Waals surface area contributed by atoms with Gasteiger partial charge in [0, 0.05) is 37.0 Å². The van der Waals surface area contributed by atoms with E-state index in [0.29, 0.717) is 5.56 Å². The van der Waals surface area contributed by atoms with Crippen LogP contribution in [0.5, 0.6) is 0 Å². The molecule has 0 atom stereocenters. The molecule has 0 spiro atoms. The number of carbonyl (C=O) groups is 1. The van der Waals surface area contributed by atoms with Gasteiger partial charge in [0.2, 0.25) is 0 Å². The van der Waals surface area contributed by atoms with Gasteiger partial charge in [-0.3, -0.25) is 4.79 Å². The number of anilines is 2. The van der Waals surface area contributed by atoms with Crippen molar-refractivity contribution in [3.63, 3.8) is 0 Å². The Bertz CT molecular complexity index is 763. The predicted molar refractivity (Wildman–Crippen MR) is 104 cm³/mol. The molecule has 1 aliphatic rings. The predicted octanol–water partition coefficient (Wildman–Crippen LogP) is 3.39. The number of unbranched alkanes of at least 4 members (excludes halogenated alkanes) is 1. The van der Waals surface area contributed by atoms with Crippen molar-refractivity contribution in [1.82, 2.24) is 9.78 Å². The summed E-state index contributed by atoms with van der Waals surface area (Å²) in [7, 11) is 0. The fraction of sp³-hybridized carbons (Fsp3) is 0.500. The molecule has 1 aromatic carbocycles. The van der Waals surface area contributed by atoms with Gasteiger partial charge in [-0.1, -0.05) is 13.3 Å². The fourth-order valence-corrected chi connectivity index (χ4v) is 3.27. The summed E-state index contributed by atoms with van der Waals surface area (Å²) < 4.78 is 7.30. The van der Waals surface area contributed by atoms with E-state index in [9.17, 15) is 4.79 Å². The molecule has 0 aliphatic carbocycles. The number of aromatic nitrogens is 2. The monoisotopic (exact) mass is 356 g/mol. The van der Waals surface area contributed by atoms with Crippen LogP contribution < -0.4 is 10.2 Å². The highest BCUT2D eigenvalue weighted by Gasteiger charge is 2.16. The van der Waals surface area contributed by atoms with E-state index in [2.05, 4.69) is 29.2 Å². The standard InChI is InChI=1S/C20H28N4O2/c1-4-5-8-24-19(14-16(3)22-24)21-20(25)17-6-7-18(15(2)13-17)23-9-11-26-12-10-23/h6-7,13-14H,4-5,8-12H2,1-3H3,(H,21,25). The molecule has 1 aliphatic heterocycles. The second kappa shape index (κ2) is 8.36. The highest BCUT2D eigenvalue weighted by atomic mass is 16.5. The molecule has 1 saturated heterocycles. The molecular weight excluding hydrogens is 328 g/mol. The van der Waals surface area contributed by atoms with Crippen LogP contribution in [0.25, 0.3) is 0 Å². The highest BCUT2D eigenvalue weighted by molar-refractivity contribution is 6.04. The first-order valence-electron chi connectivity index (χ1n) is 9.37. The van der Waals surface area contributed by atoms with E-state index in [1.165, 1.54) is 5.69 Å². The molecule has 1 aromatic heterocycles. The molecule has 1 fully saturated rings. The SMILES string of the molecule is CCCCn1nc(C)cc1NC(=O)c1ccc(N2CCOCC2)c(C)c1. The first-order chi connectivity index (χ1) is 12.6. The van der Waals surface area contributed by atoms with Crippen molar-refractivity contribution in [2.24, 2.45) is 0 Å². The average Bonchev–Trinajstić information content (AvgIpc) is 2.99. The van der Waals surface area contributed by atoms with E-state index < -0.39 is 0 Å². The number of hydrogen-bond donors (Lipinski definition) is 1. The van der Waals surface area contributed by atoms with Gasteiger partial charge >= 0.3 is 0 Å². The molecule has 26 heavy (non-hydrogen) atoms. The van der Waals surface area contributed by atoms with Gasteiger partial charge < -0.3 is 15.0 Å². The van der Waals surface area contributed by atoms with Gasteiger partial charge in [0.15, 0.2) is 0 Å². The minimum Gasteiger partial charge on any atom is -0.378 e. The molecule has 0 unspecified atom stereocenters. The second-order valence-corrected chi connectivity index (χ2v) is 6.80. The van der Waals surface area contributed by atoms with Gasteiger partial charge in [-0.05, 0) is 44.0 Å². The molecule has 0 radical (unpaired) electrons. The van der Waals surface area contributed by atoms with Crippen LogP contribution in [-0.4, -0.2) is 42.0 Å². The van der Waals surface area contributed by atoms with Gasteiger partial charge in [-0.2, -0.15) is 5.10 Å². The van der Waals surface area contributed by atoms with Crippen molar-refractivity contribution >= 4 is 17.4 Å². The highest BCUT2D eigenvalue weighted by Crippen LogP contribution is 2.23.